The van der Waals surface area contributed by atoms with E-state index < -0.39 is 5.60 Å². The van der Waals surface area contributed by atoms with Gasteiger partial charge in [-0.3, -0.25) is 0 Å². The summed E-state index contributed by atoms with van der Waals surface area (Å²) in [6.45, 7) is 11.8. The van der Waals surface area contributed by atoms with Crippen molar-refractivity contribution >= 4 is 22.0 Å². The Morgan fingerprint density at radius 1 is 1.32 bits per heavy atom. The summed E-state index contributed by atoms with van der Waals surface area (Å²) in [5.74, 6) is 0. The minimum Gasteiger partial charge on any atom is -0.444 e. The Kier molecular flexibility index (Phi) is 7.36. The van der Waals surface area contributed by atoms with Crippen molar-refractivity contribution in [1.82, 2.24) is 10.2 Å². The second-order valence-corrected chi connectivity index (χ2v) is 7.39. The van der Waals surface area contributed by atoms with Crippen molar-refractivity contribution in [3.8, 4) is 0 Å². The molecule has 0 aliphatic heterocycles. The monoisotopic (exact) mass is 370 g/mol. The maximum atomic E-state index is 12.2. The number of benzene rings is 1. The molecule has 0 radical (unpaired) electrons. The third-order valence-electron chi connectivity index (χ3n) is 3.05. The van der Waals surface area contributed by atoms with Crippen molar-refractivity contribution in [2.45, 2.75) is 52.8 Å². The van der Waals surface area contributed by atoms with Gasteiger partial charge in [0.2, 0.25) is 0 Å². The molecule has 0 heterocycles. The summed E-state index contributed by atoms with van der Waals surface area (Å²) in [6, 6.07) is 8.23. The van der Waals surface area contributed by atoms with Crippen LogP contribution in [0, 0.1) is 0 Å². The zero-order valence-corrected chi connectivity index (χ0v) is 15.7. The molecule has 0 aliphatic carbocycles. The fourth-order valence-electron chi connectivity index (χ4n) is 1.95. The number of nitrogens with zero attached hydrogens (tertiary/aromatic N) is 1. The van der Waals surface area contributed by atoms with E-state index in [1.165, 1.54) is 5.56 Å². The fourth-order valence-corrected chi connectivity index (χ4v) is 2.37. The van der Waals surface area contributed by atoms with Crippen LogP contribution in [-0.4, -0.2) is 35.7 Å². The number of amides is 1. The molecule has 1 N–H and O–H groups in total. The molecule has 1 rings (SSSR count). The number of carbonyl (C=O) groups excluding carboxylic acids is 1. The summed E-state index contributed by atoms with van der Waals surface area (Å²) in [5, 5.41) is 3.37. The average molecular weight is 371 g/mol. The zero-order valence-electron chi connectivity index (χ0n) is 14.1. The lowest BCUT2D eigenvalue weighted by Crippen LogP contribution is -2.44. The first-order valence-corrected chi connectivity index (χ1v) is 8.44. The summed E-state index contributed by atoms with van der Waals surface area (Å²) < 4.78 is 6.54. The molecule has 0 fully saturated rings. The topological polar surface area (TPSA) is 41.6 Å². The number of rotatable bonds is 6. The van der Waals surface area contributed by atoms with Crippen molar-refractivity contribution in [3.63, 3.8) is 0 Å². The molecule has 22 heavy (non-hydrogen) atoms. The van der Waals surface area contributed by atoms with E-state index in [1.807, 2.05) is 52.8 Å². The maximum Gasteiger partial charge on any atom is 0.410 e. The van der Waals surface area contributed by atoms with Crippen LogP contribution in [0.1, 0.15) is 40.2 Å². The Bertz CT molecular complexity index is 484. The van der Waals surface area contributed by atoms with Gasteiger partial charge in [0.1, 0.15) is 5.60 Å². The Morgan fingerprint density at radius 3 is 2.50 bits per heavy atom. The van der Waals surface area contributed by atoms with E-state index in [9.17, 15) is 4.79 Å². The second-order valence-electron chi connectivity index (χ2n) is 6.54. The molecule has 0 saturated carbocycles. The first-order valence-electron chi connectivity index (χ1n) is 7.64. The third kappa shape index (κ3) is 6.79. The van der Waals surface area contributed by atoms with Gasteiger partial charge in [-0.2, -0.15) is 0 Å². The summed E-state index contributed by atoms with van der Waals surface area (Å²) in [4.78, 5) is 13.9. The summed E-state index contributed by atoms with van der Waals surface area (Å²) >= 11 is 3.53. The first-order chi connectivity index (χ1) is 10.2. The maximum absolute atomic E-state index is 12.2. The lowest BCUT2D eigenvalue weighted by Gasteiger charge is -2.30. The van der Waals surface area contributed by atoms with E-state index in [2.05, 4.69) is 27.3 Å². The van der Waals surface area contributed by atoms with Gasteiger partial charge in [-0.05, 0) is 46.2 Å². The number of halogens is 1. The largest absolute Gasteiger partial charge is 0.444 e. The van der Waals surface area contributed by atoms with Crippen molar-refractivity contribution in [2.75, 3.05) is 13.1 Å². The highest BCUT2D eigenvalue weighted by Crippen LogP contribution is 2.15. The highest BCUT2D eigenvalue weighted by Gasteiger charge is 2.23. The number of ether oxygens (including phenoxy) is 1. The molecule has 0 atom stereocenters. The molecule has 0 aliphatic rings. The average Bonchev–Trinajstić information content (AvgIpc) is 2.37. The molecule has 0 bridgehead atoms. The summed E-state index contributed by atoms with van der Waals surface area (Å²) in [7, 11) is 0. The fraction of sp³-hybridized carbons (Fsp3) is 0.588. The van der Waals surface area contributed by atoms with E-state index in [-0.39, 0.29) is 12.1 Å². The zero-order chi connectivity index (χ0) is 16.8. The Hall–Kier alpha value is -1.07. The van der Waals surface area contributed by atoms with Crippen molar-refractivity contribution in [2.24, 2.45) is 0 Å². The van der Waals surface area contributed by atoms with E-state index in [4.69, 9.17) is 4.74 Å². The van der Waals surface area contributed by atoms with Gasteiger partial charge in [0.05, 0.1) is 0 Å². The third-order valence-corrected chi connectivity index (χ3v) is 3.83. The standard InChI is InChI=1S/C17H27BrN2O2/c1-13(2)20(16(21)22-17(3,4)5)11-10-19-12-14-8-6-7-9-15(14)18/h6-9,13,19H,10-12H2,1-5H3. The van der Waals surface area contributed by atoms with E-state index in [1.54, 1.807) is 4.90 Å². The molecule has 124 valence electrons. The van der Waals surface area contributed by atoms with E-state index in [0.717, 1.165) is 17.6 Å². The van der Waals surface area contributed by atoms with Gasteiger partial charge in [0.25, 0.3) is 0 Å². The Labute approximate surface area is 142 Å². The van der Waals surface area contributed by atoms with Crippen molar-refractivity contribution < 1.29 is 9.53 Å². The van der Waals surface area contributed by atoms with Gasteiger partial charge in [0.15, 0.2) is 0 Å². The number of nitrogens with one attached hydrogen (secondary N) is 1. The normalized spacial score (nSPS) is 11.6. The van der Waals surface area contributed by atoms with Gasteiger partial charge < -0.3 is 15.0 Å². The van der Waals surface area contributed by atoms with Gasteiger partial charge >= 0.3 is 6.09 Å². The highest BCUT2D eigenvalue weighted by atomic mass is 79.9. The molecular formula is C17H27BrN2O2. The lowest BCUT2D eigenvalue weighted by atomic mass is 10.2. The van der Waals surface area contributed by atoms with Crippen LogP contribution in [-0.2, 0) is 11.3 Å². The van der Waals surface area contributed by atoms with Crippen LogP contribution in [0.15, 0.2) is 28.7 Å². The van der Waals surface area contributed by atoms with Crippen LogP contribution < -0.4 is 5.32 Å². The highest BCUT2D eigenvalue weighted by molar-refractivity contribution is 9.10. The van der Waals surface area contributed by atoms with Gasteiger partial charge in [-0.1, -0.05) is 34.1 Å². The minimum atomic E-state index is -0.466. The predicted octanol–water partition coefficient (Wildman–Crippen LogP) is 4.18. The molecule has 0 spiro atoms. The molecule has 0 saturated heterocycles. The lowest BCUT2D eigenvalue weighted by molar-refractivity contribution is 0.0193. The molecular weight excluding hydrogens is 344 g/mol. The predicted molar refractivity (Wildman–Crippen MR) is 93.9 cm³/mol. The van der Waals surface area contributed by atoms with Gasteiger partial charge in [-0.25, -0.2) is 4.79 Å². The van der Waals surface area contributed by atoms with Crippen LogP contribution in [0.4, 0.5) is 4.79 Å². The van der Waals surface area contributed by atoms with E-state index in [0.29, 0.717) is 6.54 Å². The second kappa shape index (κ2) is 8.53. The quantitative estimate of drug-likeness (QED) is 0.763. The molecule has 4 nitrogen and oxygen atoms in total. The van der Waals surface area contributed by atoms with Crippen LogP contribution in [0.25, 0.3) is 0 Å². The van der Waals surface area contributed by atoms with Crippen molar-refractivity contribution in [3.05, 3.63) is 34.3 Å². The van der Waals surface area contributed by atoms with Crippen molar-refractivity contribution in [1.29, 1.82) is 0 Å². The molecule has 0 unspecified atom stereocenters. The van der Waals surface area contributed by atoms with E-state index >= 15 is 0 Å². The number of hydrogen-bond acceptors (Lipinski definition) is 3. The molecule has 5 heteroatoms. The van der Waals surface area contributed by atoms with Crippen LogP contribution in [0.2, 0.25) is 0 Å². The molecule has 1 amide bonds. The first kappa shape index (κ1) is 19.0. The Balaban J connectivity index is 2.45. The van der Waals surface area contributed by atoms with Crippen LogP contribution in [0.3, 0.4) is 0 Å². The number of hydrogen-bond donors (Lipinski definition) is 1. The summed E-state index contributed by atoms with van der Waals surface area (Å²) in [6.07, 6.45) is -0.259. The van der Waals surface area contributed by atoms with Gasteiger partial charge in [-0.15, -0.1) is 0 Å². The molecule has 1 aromatic carbocycles. The Morgan fingerprint density at radius 2 is 1.95 bits per heavy atom. The number of carbonyl (C=O) groups is 1. The van der Waals surface area contributed by atoms with Gasteiger partial charge in [0, 0.05) is 30.1 Å². The smallest absolute Gasteiger partial charge is 0.410 e. The summed E-state index contributed by atoms with van der Waals surface area (Å²) in [5.41, 5.74) is 0.739. The minimum absolute atomic E-state index is 0.111. The van der Waals surface area contributed by atoms with Crippen LogP contribution >= 0.6 is 15.9 Å². The molecule has 1 aromatic rings. The van der Waals surface area contributed by atoms with Crippen LogP contribution in [0.5, 0.6) is 0 Å². The SMILES string of the molecule is CC(C)N(CCNCc1ccccc1Br)C(=O)OC(C)(C)C. The molecule has 0 aromatic heterocycles.